The first-order valence-electron chi connectivity index (χ1n) is 7.67. The van der Waals surface area contributed by atoms with Crippen LogP contribution in [0.25, 0.3) is 0 Å². The summed E-state index contributed by atoms with van der Waals surface area (Å²) in [5.41, 5.74) is 6.96. The third-order valence-corrected chi connectivity index (χ3v) is 4.96. The maximum Gasteiger partial charge on any atom is 0.191 e. The standard InChI is InChI=1S/C19H16N4/c20-10-16-14-8-4-5-9-15(14)17(13-6-2-1-3-7-13)19(11-21,12-22)18(16)23/h1-3,6-8,15,17H,4-5,9,23H2/t15-,17+/m0/s1. The van der Waals surface area contributed by atoms with Gasteiger partial charge in [0.05, 0.1) is 23.4 Å². The van der Waals surface area contributed by atoms with E-state index in [9.17, 15) is 15.8 Å². The van der Waals surface area contributed by atoms with Crippen molar-refractivity contribution in [3.05, 3.63) is 58.8 Å². The number of hydrogen-bond donors (Lipinski definition) is 1. The number of nitriles is 3. The van der Waals surface area contributed by atoms with Gasteiger partial charge < -0.3 is 5.73 Å². The molecule has 0 saturated heterocycles. The second-order valence-corrected chi connectivity index (χ2v) is 6.02. The number of allylic oxidation sites excluding steroid dienone is 4. The van der Waals surface area contributed by atoms with Gasteiger partial charge in [-0.2, -0.15) is 15.8 Å². The van der Waals surface area contributed by atoms with E-state index in [0.29, 0.717) is 5.57 Å². The van der Waals surface area contributed by atoms with Crippen LogP contribution in [0.2, 0.25) is 0 Å². The van der Waals surface area contributed by atoms with Gasteiger partial charge in [0, 0.05) is 5.92 Å². The molecular weight excluding hydrogens is 284 g/mol. The third kappa shape index (κ3) is 2.02. The predicted molar refractivity (Wildman–Crippen MR) is 85.1 cm³/mol. The Morgan fingerprint density at radius 3 is 2.39 bits per heavy atom. The van der Waals surface area contributed by atoms with Crippen molar-refractivity contribution in [3.8, 4) is 18.2 Å². The number of nitrogens with zero attached hydrogens (tertiary/aromatic N) is 3. The molecule has 1 aromatic carbocycles. The third-order valence-electron chi connectivity index (χ3n) is 4.96. The van der Waals surface area contributed by atoms with Crippen LogP contribution in [-0.2, 0) is 0 Å². The van der Waals surface area contributed by atoms with Crippen molar-refractivity contribution in [2.24, 2.45) is 17.1 Å². The van der Waals surface area contributed by atoms with Crippen molar-refractivity contribution >= 4 is 0 Å². The predicted octanol–water partition coefficient (Wildman–Crippen LogP) is 3.28. The summed E-state index contributed by atoms with van der Waals surface area (Å²) < 4.78 is 0. The quantitative estimate of drug-likeness (QED) is 0.860. The second-order valence-electron chi connectivity index (χ2n) is 6.02. The van der Waals surface area contributed by atoms with E-state index in [4.69, 9.17) is 5.73 Å². The van der Waals surface area contributed by atoms with Gasteiger partial charge in [-0.05, 0) is 36.3 Å². The average Bonchev–Trinajstić information content (AvgIpc) is 2.61. The van der Waals surface area contributed by atoms with Crippen LogP contribution in [0.3, 0.4) is 0 Å². The summed E-state index contributed by atoms with van der Waals surface area (Å²) >= 11 is 0. The van der Waals surface area contributed by atoms with Crippen molar-refractivity contribution in [1.82, 2.24) is 0 Å². The molecule has 4 nitrogen and oxygen atoms in total. The molecule has 0 heterocycles. The summed E-state index contributed by atoms with van der Waals surface area (Å²) in [7, 11) is 0. The zero-order chi connectivity index (χ0) is 16.4. The lowest BCUT2D eigenvalue weighted by Gasteiger charge is -2.43. The molecule has 1 aromatic rings. The minimum Gasteiger partial charge on any atom is -0.399 e. The summed E-state index contributed by atoms with van der Waals surface area (Å²) in [5, 5.41) is 29.2. The van der Waals surface area contributed by atoms with E-state index < -0.39 is 5.41 Å². The molecule has 0 bridgehead atoms. The Bertz CT molecular complexity index is 798. The summed E-state index contributed by atoms with van der Waals surface area (Å²) in [4.78, 5) is 0. The molecule has 0 aliphatic heterocycles. The van der Waals surface area contributed by atoms with E-state index in [-0.39, 0.29) is 17.5 Å². The average molecular weight is 300 g/mol. The molecule has 0 amide bonds. The van der Waals surface area contributed by atoms with Gasteiger partial charge in [-0.25, -0.2) is 0 Å². The molecule has 2 atom stereocenters. The highest BCUT2D eigenvalue weighted by atomic mass is 14.7. The van der Waals surface area contributed by atoms with Gasteiger partial charge in [-0.1, -0.05) is 36.4 Å². The van der Waals surface area contributed by atoms with Crippen molar-refractivity contribution in [3.63, 3.8) is 0 Å². The fourth-order valence-electron chi connectivity index (χ4n) is 3.91. The maximum atomic E-state index is 9.83. The Morgan fingerprint density at radius 2 is 1.78 bits per heavy atom. The lowest BCUT2D eigenvalue weighted by atomic mass is 9.57. The topological polar surface area (TPSA) is 97.4 Å². The zero-order valence-corrected chi connectivity index (χ0v) is 12.7. The van der Waals surface area contributed by atoms with E-state index >= 15 is 0 Å². The van der Waals surface area contributed by atoms with E-state index in [0.717, 1.165) is 30.4 Å². The van der Waals surface area contributed by atoms with E-state index in [1.54, 1.807) is 0 Å². The van der Waals surface area contributed by atoms with Gasteiger partial charge in [-0.15, -0.1) is 0 Å². The van der Waals surface area contributed by atoms with Crippen molar-refractivity contribution in [1.29, 1.82) is 15.8 Å². The fraction of sp³-hybridized carbons (Fsp3) is 0.316. The van der Waals surface area contributed by atoms with Gasteiger partial charge in [0.15, 0.2) is 5.41 Å². The van der Waals surface area contributed by atoms with Crippen LogP contribution in [0.4, 0.5) is 0 Å². The smallest absolute Gasteiger partial charge is 0.191 e. The first kappa shape index (κ1) is 14.9. The number of benzene rings is 1. The van der Waals surface area contributed by atoms with E-state index in [2.05, 4.69) is 18.2 Å². The lowest BCUT2D eigenvalue weighted by molar-refractivity contribution is 0.317. The molecule has 23 heavy (non-hydrogen) atoms. The summed E-state index contributed by atoms with van der Waals surface area (Å²) in [6, 6.07) is 16.0. The van der Waals surface area contributed by atoms with Crippen LogP contribution in [0.15, 0.2) is 53.3 Å². The molecule has 112 valence electrons. The molecule has 2 aliphatic rings. The number of fused-ring (bicyclic) bond motifs is 1. The minimum absolute atomic E-state index is 0.0209. The molecule has 3 rings (SSSR count). The molecule has 2 N–H and O–H groups in total. The number of hydrogen-bond acceptors (Lipinski definition) is 4. The molecule has 0 saturated carbocycles. The summed E-state index contributed by atoms with van der Waals surface area (Å²) in [5.74, 6) is -0.366. The minimum atomic E-state index is -1.49. The van der Waals surface area contributed by atoms with Crippen LogP contribution in [0, 0.1) is 45.3 Å². The Labute approximate surface area is 135 Å². The van der Waals surface area contributed by atoms with Gasteiger partial charge in [0.2, 0.25) is 0 Å². The Kier molecular flexibility index (Phi) is 3.65. The zero-order valence-electron chi connectivity index (χ0n) is 12.7. The lowest BCUT2D eigenvalue weighted by Crippen LogP contribution is -2.42. The van der Waals surface area contributed by atoms with Gasteiger partial charge >= 0.3 is 0 Å². The van der Waals surface area contributed by atoms with Gasteiger partial charge in [0.1, 0.15) is 6.07 Å². The SMILES string of the molecule is N#CC1=C(N)C(C#N)(C#N)[C@H](c2ccccc2)[C@H]2CCCC=C12. The van der Waals surface area contributed by atoms with Gasteiger partial charge in [-0.3, -0.25) is 0 Å². The maximum absolute atomic E-state index is 9.83. The Morgan fingerprint density at radius 1 is 1.09 bits per heavy atom. The highest BCUT2D eigenvalue weighted by Crippen LogP contribution is 2.55. The van der Waals surface area contributed by atoms with Crippen LogP contribution in [0.5, 0.6) is 0 Å². The van der Waals surface area contributed by atoms with E-state index in [1.165, 1.54) is 0 Å². The summed E-state index contributed by atoms with van der Waals surface area (Å²) in [6.07, 6.45) is 4.80. The summed E-state index contributed by atoms with van der Waals surface area (Å²) in [6.45, 7) is 0. The first-order chi connectivity index (χ1) is 11.2. The van der Waals surface area contributed by atoms with Crippen LogP contribution in [-0.4, -0.2) is 0 Å². The molecule has 4 heteroatoms. The number of nitrogens with two attached hydrogens (primary N) is 1. The Balaban J connectivity index is 2.33. The van der Waals surface area contributed by atoms with Crippen LogP contribution >= 0.6 is 0 Å². The molecule has 0 fully saturated rings. The fourth-order valence-corrected chi connectivity index (χ4v) is 3.91. The molecule has 2 aliphatic carbocycles. The van der Waals surface area contributed by atoms with Crippen LogP contribution < -0.4 is 5.73 Å². The highest BCUT2D eigenvalue weighted by Gasteiger charge is 2.53. The molecule has 0 unspecified atom stereocenters. The highest BCUT2D eigenvalue weighted by molar-refractivity contribution is 5.59. The van der Waals surface area contributed by atoms with Crippen LogP contribution in [0.1, 0.15) is 30.7 Å². The molecule has 0 spiro atoms. The largest absolute Gasteiger partial charge is 0.399 e. The first-order valence-corrected chi connectivity index (χ1v) is 7.67. The number of rotatable bonds is 1. The van der Waals surface area contributed by atoms with E-state index in [1.807, 2.05) is 36.4 Å². The normalized spacial score (nSPS) is 25.3. The molecule has 0 radical (unpaired) electrons. The second kappa shape index (κ2) is 5.64. The molecule has 0 aromatic heterocycles. The van der Waals surface area contributed by atoms with Crippen molar-refractivity contribution in [2.75, 3.05) is 0 Å². The van der Waals surface area contributed by atoms with Crippen molar-refractivity contribution < 1.29 is 0 Å². The molecular formula is C19H16N4. The monoisotopic (exact) mass is 300 g/mol. The Hall–Kier alpha value is -3.03. The van der Waals surface area contributed by atoms with Crippen molar-refractivity contribution in [2.45, 2.75) is 25.2 Å². The van der Waals surface area contributed by atoms with Gasteiger partial charge in [0.25, 0.3) is 0 Å².